The highest BCUT2D eigenvalue weighted by Crippen LogP contribution is 2.32. The molecule has 0 saturated carbocycles. The summed E-state index contributed by atoms with van der Waals surface area (Å²) in [5, 5.41) is 0.872. The molecule has 0 atom stereocenters. The molecule has 0 unspecified atom stereocenters. The van der Waals surface area contributed by atoms with Crippen molar-refractivity contribution in [3.63, 3.8) is 0 Å². The van der Waals surface area contributed by atoms with E-state index in [2.05, 4.69) is 67.9 Å². The molecule has 0 bridgehead atoms. The molecule has 2 aromatic rings. The van der Waals surface area contributed by atoms with E-state index >= 15 is 0 Å². The van der Waals surface area contributed by atoms with Gasteiger partial charge in [0.05, 0.1) is 0 Å². The van der Waals surface area contributed by atoms with E-state index in [-0.39, 0.29) is 0 Å². The molecule has 1 nitrogen and oxygen atoms in total. The summed E-state index contributed by atoms with van der Waals surface area (Å²) in [5.41, 5.74) is 6.08. The van der Waals surface area contributed by atoms with Crippen molar-refractivity contribution in [2.24, 2.45) is 0 Å². The van der Waals surface area contributed by atoms with Gasteiger partial charge >= 0.3 is 0 Å². The van der Waals surface area contributed by atoms with Crippen LogP contribution in [0.2, 0.25) is 0 Å². The Bertz CT molecular complexity index is 602. The van der Waals surface area contributed by atoms with Crippen LogP contribution >= 0.6 is 15.9 Å². The molecule has 19 heavy (non-hydrogen) atoms. The first-order valence-electron chi connectivity index (χ1n) is 6.43. The molecule has 0 saturated heterocycles. The molecular weight excluding hydrogens is 300 g/mol. The summed E-state index contributed by atoms with van der Waals surface area (Å²) in [6.45, 7) is 8.40. The maximum atomic E-state index is 6.14. The number of ether oxygens (including phenoxy) is 1. The van der Waals surface area contributed by atoms with Gasteiger partial charge in [-0.3, -0.25) is 0 Å². The Labute approximate surface area is 123 Å². The van der Waals surface area contributed by atoms with Crippen LogP contribution in [0.15, 0.2) is 30.3 Å². The summed E-state index contributed by atoms with van der Waals surface area (Å²) in [6.07, 6.45) is 0. The highest BCUT2D eigenvalue weighted by atomic mass is 79.9. The molecule has 0 spiro atoms. The number of hydrogen-bond acceptors (Lipinski definition) is 1. The van der Waals surface area contributed by atoms with Gasteiger partial charge in [0.25, 0.3) is 0 Å². The SMILES string of the molecule is Cc1cc(CBr)ccc1Oc1c(C)ccc(C)c1C. The average Bonchev–Trinajstić information content (AvgIpc) is 2.40. The Kier molecular flexibility index (Phi) is 4.31. The zero-order valence-electron chi connectivity index (χ0n) is 11.9. The fraction of sp³-hybridized carbons (Fsp3) is 0.294. The molecule has 0 aliphatic heterocycles. The van der Waals surface area contributed by atoms with Gasteiger partial charge in [-0.05, 0) is 61.6 Å². The Balaban J connectivity index is 2.39. The zero-order valence-corrected chi connectivity index (χ0v) is 13.5. The van der Waals surface area contributed by atoms with Crippen molar-refractivity contribution in [2.75, 3.05) is 0 Å². The number of alkyl halides is 1. The van der Waals surface area contributed by atoms with Gasteiger partial charge in [-0.1, -0.05) is 40.2 Å². The lowest BCUT2D eigenvalue weighted by molar-refractivity contribution is 0.471. The van der Waals surface area contributed by atoms with Crippen LogP contribution in [0.5, 0.6) is 11.5 Å². The summed E-state index contributed by atoms with van der Waals surface area (Å²) in [4.78, 5) is 0. The lowest BCUT2D eigenvalue weighted by Crippen LogP contribution is -1.95. The van der Waals surface area contributed by atoms with Crippen LogP contribution in [0, 0.1) is 27.7 Å². The molecule has 2 rings (SSSR count). The average molecular weight is 319 g/mol. The first-order valence-corrected chi connectivity index (χ1v) is 7.55. The van der Waals surface area contributed by atoms with E-state index in [1.54, 1.807) is 0 Å². The Morgan fingerprint density at radius 2 is 1.58 bits per heavy atom. The normalized spacial score (nSPS) is 10.6. The molecule has 100 valence electrons. The number of halogens is 1. The molecule has 0 aliphatic rings. The number of benzene rings is 2. The molecule has 0 amide bonds. The van der Waals surface area contributed by atoms with Gasteiger partial charge in [-0.15, -0.1) is 0 Å². The van der Waals surface area contributed by atoms with Gasteiger partial charge in [0, 0.05) is 5.33 Å². The Hall–Kier alpha value is -1.28. The van der Waals surface area contributed by atoms with E-state index in [9.17, 15) is 0 Å². The van der Waals surface area contributed by atoms with Crippen LogP contribution in [0.25, 0.3) is 0 Å². The third-order valence-electron chi connectivity index (χ3n) is 3.48. The van der Waals surface area contributed by atoms with E-state index in [4.69, 9.17) is 4.74 Å². The minimum Gasteiger partial charge on any atom is -0.457 e. The van der Waals surface area contributed by atoms with Crippen molar-refractivity contribution in [2.45, 2.75) is 33.0 Å². The van der Waals surface area contributed by atoms with Gasteiger partial charge in [0.15, 0.2) is 0 Å². The van der Waals surface area contributed by atoms with E-state index in [0.29, 0.717) is 0 Å². The Morgan fingerprint density at radius 3 is 2.21 bits per heavy atom. The van der Waals surface area contributed by atoms with Crippen LogP contribution in [0.3, 0.4) is 0 Å². The predicted octanol–water partition coefficient (Wildman–Crippen LogP) is 5.61. The van der Waals surface area contributed by atoms with Gasteiger partial charge in [-0.25, -0.2) is 0 Å². The van der Waals surface area contributed by atoms with Gasteiger partial charge in [0.1, 0.15) is 11.5 Å². The monoisotopic (exact) mass is 318 g/mol. The number of rotatable bonds is 3. The third kappa shape index (κ3) is 3.01. The second-order valence-electron chi connectivity index (χ2n) is 4.99. The fourth-order valence-electron chi connectivity index (χ4n) is 2.10. The van der Waals surface area contributed by atoms with Crippen LogP contribution in [-0.2, 0) is 5.33 Å². The van der Waals surface area contributed by atoms with E-state index in [1.165, 1.54) is 22.3 Å². The molecule has 2 heteroatoms. The number of aryl methyl sites for hydroxylation is 3. The van der Waals surface area contributed by atoms with Crippen LogP contribution in [0.1, 0.15) is 27.8 Å². The van der Waals surface area contributed by atoms with Crippen molar-refractivity contribution < 1.29 is 4.74 Å². The summed E-state index contributed by atoms with van der Waals surface area (Å²) in [5.74, 6) is 1.91. The smallest absolute Gasteiger partial charge is 0.133 e. The highest BCUT2D eigenvalue weighted by molar-refractivity contribution is 9.08. The maximum Gasteiger partial charge on any atom is 0.133 e. The third-order valence-corrected chi connectivity index (χ3v) is 4.13. The van der Waals surface area contributed by atoms with Crippen molar-refractivity contribution in [1.82, 2.24) is 0 Å². The van der Waals surface area contributed by atoms with Crippen LogP contribution in [-0.4, -0.2) is 0 Å². The second-order valence-corrected chi connectivity index (χ2v) is 5.55. The van der Waals surface area contributed by atoms with Crippen molar-refractivity contribution in [3.8, 4) is 11.5 Å². The number of hydrogen-bond donors (Lipinski definition) is 0. The fourth-order valence-corrected chi connectivity index (χ4v) is 2.45. The van der Waals surface area contributed by atoms with E-state index in [1.807, 2.05) is 6.07 Å². The van der Waals surface area contributed by atoms with E-state index in [0.717, 1.165) is 22.4 Å². The molecule has 0 radical (unpaired) electrons. The standard InChI is InChI=1S/C17H19BrO/c1-11-5-6-12(2)17(14(11)4)19-16-8-7-15(10-18)9-13(16)3/h5-9H,10H2,1-4H3. The molecule has 0 aliphatic carbocycles. The molecule has 2 aromatic carbocycles. The zero-order chi connectivity index (χ0) is 14.0. The predicted molar refractivity (Wildman–Crippen MR) is 84.5 cm³/mol. The quantitative estimate of drug-likeness (QED) is 0.668. The lowest BCUT2D eigenvalue weighted by Gasteiger charge is -2.15. The molecule has 0 fully saturated rings. The summed E-state index contributed by atoms with van der Waals surface area (Å²) >= 11 is 3.47. The first-order chi connectivity index (χ1) is 9.02. The topological polar surface area (TPSA) is 9.23 Å². The van der Waals surface area contributed by atoms with Gasteiger partial charge < -0.3 is 4.74 Å². The van der Waals surface area contributed by atoms with Crippen LogP contribution in [0.4, 0.5) is 0 Å². The minimum atomic E-state index is 0.872. The maximum absolute atomic E-state index is 6.14. The summed E-state index contributed by atoms with van der Waals surface area (Å²) in [7, 11) is 0. The summed E-state index contributed by atoms with van der Waals surface area (Å²) < 4.78 is 6.14. The molecule has 0 N–H and O–H groups in total. The lowest BCUT2D eigenvalue weighted by atomic mass is 10.1. The van der Waals surface area contributed by atoms with Crippen molar-refractivity contribution >= 4 is 15.9 Å². The van der Waals surface area contributed by atoms with Gasteiger partial charge in [0.2, 0.25) is 0 Å². The van der Waals surface area contributed by atoms with Crippen molar-refractivity contribution in [3.05, 3.63) is 58.1 Å². The summed E-state index contributed by atoms with van der Waals surface area (Å²) in [6, 6.07) is 10.5. The minimum absolute atomic E-state index is 0.872. The second kappa shape index (κ2) is 5.79. The molecule has 0 aromatic heterocycles. The molecule has 0 heterocycles. The van der Waals surface area contributed by atoms with Crippen LogP contribution < -0.4 is 4.74 Å². The van der Waals surface area contributed by atoms with Gasteiger partial charge in [-0.2, -0.15) is 0 Å². The first kappa shape index (κ1) is 14.1. The Morgan fingerprint density at radius 1 is 0.895 bits per heavy atom. The van der Waals surface area contributed by atoms with Crippen molar-refractivity contribution in [1.29, 1.82) is 0 Å². The molecular formula is C17H19BrO. The highest BCUT2D eigenvalue weighted by Gasteiger charge is 2.09. The largest absolute Gasteiger partial charge is 0.457 e. The van der Waals surface area contributed by atoms with E-state index < -0.39 is 0 Å².